The van der Waals surface area contributed by atoms with Crippen LogP contribution in [0.15, 0.2) is 36.4 Å². The lowest BCUT2D eigenvalue weighted by atomic mass is 10.1. The molecule has 2 aromatic heterocycles. The molecule has 0 bridgehead atoms. The van der Waals surface area contributed by atoms with Crippen molar-refractivity contribution in [1.82, 2.24) is 14.9 Å². The molecular weight excluding hydrogens is 404 g/mol. The first kappa shape index (κ1) is 19.9. The largest absolute Gasteiger partial charge is 0.353 e. The number of amides is 1. The number of thiazole rings is 1. The summed E-state index contributed by atoms with van der Waals surface area (Å²) in [6.07, 6.45) is 0. The summed E-state index contributed by atoms with van der Waals surface area (Å²) in [5.41, 5.74) is 4.30. The number of pyridine rings is 1. The number of rotatable bonds is 3. The Kier molecular flexibility index (Phi) is 5.56. The van der Waals surface area contributed by atoms with Crippen LogP contribution in [0.25, 0.3) is 10.6 Å². The smallest absolute Gasteiger partial charge is 0.265 e. The van der Waals surface area contributed by atoms with E-state index < -0.39 is 0 Å². The first-order valence-electron chi connectivity index (χ1n) is 9.64. The number of halogens is 1. The van der Waals surface area contributed by atoms with Gasteiger partial charge >= 0.3 is 0 Å². The number of carbonyl (C=O) groups excluding carboxylic acids is 1. The van der Waals surface area contributed by atoms with Gasteiger partial charge in [-0.1, -0.05) is 41.4 Å². The zero-order chi connectivity index (χ0) is 20.5. The SMILES string of the molecule is Cc1ccc(-c2nc(C)c(C(=O)N3CCN(c4cccc(Cl)n4)CC3)s2)c(C)c1. The standard InChI is InChI=1S/C22H23ClN4OS/c1-14-7-8-17(15(2)13-14)21-24-16(3)20(29-21)22(28)27-11-9-26(10-12-27)19-6-4-5-18(23)25-19/h4-8,13H,9-12H2,1-3H3. The number of carbonyl (C=O) groups is 1. The van der Waals surface area contributed by atoms with Crippen LogP contribution in [0.5, 0.6) is 0 Å². The molecular formula is C22H23ClN4OS. The molecule has 1 saturated heterocycles. The molecule has 1 aliphatic heterocycles. The number of anilines is 1. The first-order valence-corrected chi connectivity index (χ1v) is 10.8. The minimum atomic E-state index is 0.0646. The third kappa shape index (κ3) is 4.14. The van der Waals surface area contributed by atoms with Gasteiger partial charge in [0.1, 0.15) is 20.9 Å². The van der Waals surface area contributed by atoms with Crippen LogP contribution in [-0.2, 0) is 0 Å². The molecule has 0 unspecified atom stereocenters. The van der Waals surface area contributed by atoms with Crippen molar-refractivity contribution in [3.63, 3.8) is 0 Å². The van der Waals surface area contributed by atoms with Gasteiger partial charge in [-0.25, -0.2) is 9.97 Å². The fraction of sp³-hybridized carbons (Fsp3) is 0.318. The summed E-state index contributed by atoms with van der Waals surface area (Å²) in [7, 11) is 0. The second-order valence-corrected chi connectivity index (χ2v) is 8.74. The van der Waals surface area contributed by atoms with Crippen LogP contribution in [0.4, 0.5) is 5.82 Å². The Hall–Kier alpha value is -2.44. The predicted octanol–water partition coefficient (Wildman–Crippen LogP) is 4.75. The van der Waals surface area contributed by atoms with Crippen molar-refractivity contribution in [3.05, 3.63) is 63.2 Å². The number of nitrogens with zero attached hydrogens (tertiary/aromatic N) is 4. The summed E-state index contributed by atoms with van der Waals surface area (Å²) in [5.74, 6) is 0.922. The lowest BCUT2D eigenvalue weighted by molar-refractivity contribution is 0.0750. The molecule has 7 heteroatoms. The number of hydrogen-bond donors (Lipinski definition) is 0. The van der Waals surface area contributed by atoms with Crippen LogP contribution in [0.2, 0.25) is 5.15 Å². The normalized spacial score (nSPS) is 14.3. The molecule has 29 heavy (non-hydrogen) atoms. The molecule has 0 radical (unpaired) electrons. The Morgan fingerprint density at radius 1 is 1.03 bits per heavy atom. The van der Waals surface area contributed by atoms with Crippen molar-refractivity contribution >= 4 is 34.7 Å². The zero-order valence-corrected chi connectivity index (χ0v) is 18.3. The highest BCUT2D eigenvalue weighted by Crippen LogP contribution is 2.31. The van der Waals surface area contributed by atoms with Gasteiger partial charge in [0.2, 0.25) is 0 Å². The van der Waals surface area contributed by atoms with Gasteiger partial charge in [0.15, 0.2) is 0 Å². The van der Waals surface area contributed by atoms with Crippen LogP contribution in [0, 0.1) is 20.8 Å². The van der Waals surface area contributed by atoms with E-state index in [0.29, 0.717) is 18.2 Å². The van der Waals surface area contributed by atoms with Crippen LogP contribution in [-0.4, -0.2) is 47.0 Å². The van der Waals surface area contributed by atoms with Gasteiger partial charge in [-0.3, -0.25) is 4.79 Å². The summed E-state index contributed by atoms with van der Waals surface area (Å²) in [5, 5.41) is 1.39. The highest BCUT2D eigenvalue weighted by molar-refractivity contribution is 7.17. The summed E-state index contributed by atoms with van der Waals surface area (Å²) >= 11 is 7.49. The maximum absolute atomic E-state index is 13.1. The number of benzene rings is 1. The summed E-state index contributed by atoms with van der Waals surface area (Å²) < 4.78 is 0. The van der Waals surface area contributed by atoms with Gasteiger partial charge in [0.05, 0.1) is 5.69 Å². The first-order chi connectivity index (χ1) is 13.9. The van der Waals surface area contributed by atoms with Gasteiger partial charge in [0, 0.05) is 31.7 Å². The van der Waals surface area contributed by atoms with Crippen LogP contribution in [0.1, 0.15) is 26.5 Å². The van der Waals surface area contributed by atoms with Gasteiger partial charge in [-0.2, -0.15) is 0 Å². The van der Waals surface area contributed by atoms with E-state index in [1.54, 1.807) is 6.07 Å². The zero-order valence-electron chi connectivity index (χ0n) is 16.8. The van der Waals surface area contributed by atoms with Crippen molar-refractivity contribution in [2.75, 3.05) is 31.1 Å². The van der Waals surface area contributed by atoms with Crippen molar-refractivity contribution in [2.24, 2.45) is 0 Å². The number of piperazine rings is 1. The molecule has 1 amide bonds. The van der Waals surface area contributed by atoms with Crippen molar-refractivity contribution < 1.29 is 4.79 Å². The molecule has 1 fully saturated rings. The Bertz CT molecular complexity index is 1060. The fourth-order valence-electron chi connectivity index (χ4n) is 3.62. The molecule has 0 aliphatic carbocycles. The van der Waals surface area contributed by atoms with Crippen molar-refractivity contribution in [3.8, 4) is 10.6 Å². The second kappa shape index (κ2) is 8.13. The van der Waals surface area contributed by atoms with Crippen LogP contribution >= 0.6 is 22.9 Å². The topological polar surface area (TPSA) is 49.3 Å². The average molecular weight is 427 g/mol. The molecule has 0 saturated carbocycles. The van der Waals surface area contributed by atoms with Gasteiger partial charge in [-0.15, -0.1) is 11.3 Å². The summed E-state index contributed by atoms with van der Waals surface area (Å²) in [6.45, 7) is 8.87. The molecule has 1 aliphatic rings. The number of hydrogen-bond acceptors (Lipinski definition) is 5. The maximum atomic E-state index is 13.1. The molecule has 4 rings (SSSR count). The minimum Gasteiger partial charge on any atom is -0.353 e. The molecule has 1 aromatic carbocycles. The quantitative estimate of drug-likeness (QED) is 0.567. The molecule has 3 aromatic rings. The van der Waals surface area contributed by atoms with E-state index >= 15 is 0 Å². The highest BCUT2D eigenvalue weighted by atomic mass is 35.5. The van der Waals surface area contributed by atoms with E-state index in [9.17, 15) is 4.79 Å². The molecule has 3 heterocycles. The van der Waals surface area contributed by atoms with Crippen LogP contribution < -0.4 is 4.90 Å². The van der Waals surface area contributed by atoms with Gasteiger partial charge in [-0.05, 0) is 38.5 Å². The van der Waals surface area contributed by atoms with Crippen molar-refractivity contribution in [2.45, 2.75) is 20.8 Å². The Morgan fingerprint density at radius 2 is 1.79 bits per heavy atom. The molecule has 0 spiro atoms. The predicted molar refractivity (Wildman–Crippen MR) is 119 cm³/mol. The Labute approximate surface area is 180 Å². The third-order valence-corrected chi connectivity index (χ3v) is 6.58. The molecule has 150 valence electrons. The van der Waals surface area contributed by atoms with Crippen LogP contribution in [0.3, 0.4) is 0 Å². The maximum Gasteiger partial charge on any atom is 0.265 e. The van der Waals surface area contributed by atoms with E-state index in [-0.39, 0.29) is 5.91 Å². The molecule has 0 N–H and O–H groups in total. The minimum absolute atomic E-state index is 0.0646. The Morgan fingerprint density at radius 3 is 2.48 bits per heavy atom. The number of aromatic nitrogens is 2. The highest BCUT2D eigenvalue weighted by Gasteiger charge is 2.26. The van der Waals surface area contributed by atoms with E-state index in [2.05, 4.69) is 41.9 Å². The molecule has 0 atom stereocenters. The van der Waals surface area contributed by atoms with E-state index in [1.807, 2.05) is 24.0 Å². The summed E-state index contributed by atoms with van der Waals surface area (Å²) in [6, 6.07) is 11.9. The molecule has 5 nitrogen and oxygen atoms in total. The second-order valence-electron chi connectivity index (χ2n) is 7.35. The third-order valence-electron chi connectivity index (χ3n) is 5.19. The number of aryl methyl sites for hydroxylation is 3. The Balaban J connectivity index is 1.49. The monoisotopic (exact) mass is 426 g/mol. The summed E-state index contributed by atoms with van der Waals surface area (Å²) in [4.78, 5) is 27.0. The van der Waals surface area contributed by atoms with Gasteiger partial charge < -0.3 is 9.80 Å². The van der Waals surface area contributed by atoms with Crippen molar-refractivity contribution in [1.29, 1.82) is 0 Å². The lowest BCUT2D eigenvalue weighted by Crippen LogP contribution is -2.49. The average Bonchev–Trinajstić information content (AvgIpc) is 3.09. The van der Waals surface area contributed by atoms with E-state index in [4.69, 9.17) is 16.6 Å². The lowest BCUT2D eigenvalue weighted by Gasteiger charge is -2.35. The van der Waals surface area contributed by atoms with E-state index in [1.165, 1.54) is 22.5 Å². The van der Waals surface area contributed by atoms with E-state index in [0.717, 1.165) is 40.0 Å². The fourth-order valence-corrected chi connectivity index (χ4v) is 4.90. The van der Waals surface area contributed by atoms with Gasteiger partial charge in [0.25, 0.3) is 5.91 Å².